The summed E-state index contributed by atoms with van der Waals surface area (Å²) in [4.78, 5) is 14.7. The molecule has 4 nitrogen and oxygen atoms in total. The van der Waals surface area contributed by atoms with Crippen LogP contribution < -0.4 is 10.1 Å². The normalized spacial score (nSPS) is 15.3. The molecule has 0 aliphatic carbocycles. The third-order valence-corrected chi connectivity index (χ3v) is 5.52. The van der Waals surface area contributed by atoms with Crippen LogP contribution in [0.15, 0.2) is 48.5 Å². The molecular formula is C25H33FN2O2. The van der Waals surface area contributed by atoms with Crippen molar-refractivity contribution in [2.24, 2.45) is 5.92 Å². The number of carbonyl (C=O) groups excluding carboxylic acids is 1. The molecule has 0 unspecified atom stereocenters. The van der Waals surface area contributed by atoms with E-state index in [4.69, 9.17) is 4.74 Å². The number of likely N-dealkylation sites (tertiary alicyclic amines) is 1. The van der Waals surface area contributed by atoms with Crippen LogP contribution in [0, 0.1) is 11.7 Å². The van der Waals surface area contributed by atoms with Gasteiger partial charge in [-0.05, 0) is 76.4 Å². The van der Waals surface area contributed by atoms with Crippen molar-refractivity contribution in [3.8, 4) is 5.75 Å². The molecule has 30 heavy (non-hydrogen) atoms. The van der Waals surface area contributed by atoms with Gasteiger partial charge in [0.2, 0.25) is 5.91 Å². The monoisotopic (exact) mass is 412 g/mol. The Morgan fingerprint density at radius 1 is 1.17 bits per heavy atom. The van der Waals surface area contributed by atoms with Gasteiger partial charge in [-0.1, -0.05) is 30.3 Å². The largest absolute Gasteiger partial charge is 0.491 e. The van der Waals surface area contributed by atoms with Crippen LogP contribution in [0.1, 0.15) is 44.2 Å². The topological polar surface area (TPSA) is 41.6 Å². The molecule has 1 aliphatic rings. The first-order chi connectivity index (χ1) is 14.5. The first-order valence-corrected chi connectivity index (χ1v) is 11.0. The first kappa shape index (κ1) is 22.3. The summed E-state index contributed by atoms with van der Waals surface area (Å²) in [6, 6.07) is 15.1. The number of piperidine rings is 1. The molecule has 5 heteroatoms. The Balaban J connectivity index is 1.35. The first-order valence-electron chi connectivity index (χ1n) is 11.0. The number of amides is 1. The zero-order valence-electron chi connectivity index (χ0n) is 18.1. The number of halogens is 1. The van der Waals surface area contributed by atoms with Crippen LogP contribution in [0.4, 0.5) is 4.39 Å². The minimum Gasteiger partial charge on any atom is -0.491 e. The number of hydrogen-bond acceptors (Lipinski definition) is 3. The number of aryl methyl sites for hydroxylation is 1. The summed E-state index contributed by atoms with van der Waals surface area (Å²) >= 11 is 0. The van der Waals surface area contributed by atoms with Gasteiger partial charge in [0.1, 0.15) is 11.6 Å². The number of nitrogens with one attached hydrogen (secondary N) is 1. The minimum atomic E-state index is -0.154. The van der Waals surface area contributed by atoms with Crippen LogP contribution in [-0.2, 0) is 17.8 Å². The molecule has 1 fully saturated rings. The second-order valence-corrected chi connectivity index (χ2v) is 8.35. The molecule has 0 atom stereocenters. The molecule has 1 N–H and O–H groups in total. The summed E-state index contributed by atoms with van der Waals surface area (Å²) in [5.41, 5.74) is 1.95. The molecule has 0 spiro atoms. The van der Waals surface area contributed by atoms with Gasteiger partial charge in [-0.2, -0.15) is 0 Å². The van der Waals surface area contributed by atoms with E-state index in [-0.39, 0.29) is 23.7 Å². The van der Waals surface area contributed by atoms with Crippen molar-refractivity contribution in [3.05, 3.63) is 65.5 Å². The van der Waals surface area contributed by atoms with E-state index in [1.54, 1.807) is 6.07 Å². The van der Waals surface area contributed by atoms with E-state index < -0.39 is 0 Å². The molecule has 2 aromatic rings. The zero-order valence-corrected chi connectivity index (χ0v) is 18.1. The van der Waals surface area contributed by atoms with Crippen LogP contribution in [-0.4, -0.2) is 36.5 Å². The average Bonchev–Trinajstić information content (AvgIpc) is 2.73. The highest BCUT2D eigenvalue weighted by Gasteiger charge is 2.25. The molecule has 2 aromatic carbocycles. The van der Waals surface area contributed by atoms with Gasteiger partial charge in [-0.15, -0.1) is 0 Å². The fourth-order valence-corrected chi connectivity index (χ4v) is 3.92. The summed E-state index contributed by atoms with van der Waals surface area (Å²) in [6.07, 6.45) is 3.64. The van der Waals surface area contributed by atoms with Crippen molar-refractivity contribution in [2.45, 2.75) is 52.2 Å². The number of carbonyl (C=O) groups is 1. The maximum absolute atomic E-state index is 13.8. The number of ether oxygens (including phenoxy) is 1. The van der Waals surface area contributed by atoms with Gasteiger partial charge in [0, 0.05) is 24.6 Å². The van der Waals surface area contributed by atoms with Crippen LogP contribution in [0.25, 0.3) is 0 Å². The quantitative estimate of drug-likeness (QED) is 0.613. The standard InChI is InChI=1S/C25H33FN2O2/c1-19(2)30-23-10-5-7-20(17-23)8-6-14-27-25(29)21-12-15-28(16-13-21)18-22-9-3-4-11-24(22)26/h3-5,7,9-11,17,19,21H,6,8,12-16,18H2,1-2H3,(H,27,29). The summed E-state index contributed by atoms with van der Waals surface area (Å²) < 4.78 is 19.6. The van der Waals surface area contributed by atoms with E-state index in [2.05, 4.69) is 22.3 Å². The SMILES string of the molecule is CC(C)Oc1cccc(CCCNC(=O)C2CCN(Cc3ccccc3F)CC2)c1. The van der Waals surface area contributed by atoms with Gasteiger partial charge in [-0.3, -0.25) is 9.69 Å². The van der Waals surface area contributed by atoms with Crippen LogP contribution in [0.5, 0.6) is 5.75 Å². The molecule has 3 rings (SSSR count). The lowest BCUT2D eigenvalue weighted by molar-refractivity contribution is -0.126. The Bertz CT molecular complexity index is 816. The number of rotatable bonds is 9. The van der Waals surface area contributed by atoms with Crippen molar-refractivity contribution in [1.82, 2.24) is 10.2 Å². The maximum atomic E-state index is 13.8. The number of hydrogen-bond donors (Lipinski definition) is 1. The minimum absolute atomic E-state index is 0.0599. The predicted molar refractivity (Wildman–Crippen MR) is 118 cm³/mol. The summed E-state index contributed by atoms with van der Waals surface area (Å²) in [6.45, 7) is 6.99. The van der Waals surface area contributed by atoms with E-state index in [0.29, 0.717) is 13.1 Å². The maximum Gasteiger partial charge on any atom is 0.223 e. The van der Waals surface area contributed by atoms with Crippen molar-refractivity contribution in [1.29, 1.82) is 0 Å². The highest BCUT2D eigenvalue weighted by atomic mass is 19.1. The number of nitrogens with zero attached hydrogens (tertiary/aromatic N) is 1. The highest BCUT2D eigenvalue weighted by Crippen LogP contribution is 2.20. The Kier molecular flexibility index (Phi) is 8.26. The van der Waals surface area contributed by atoms with Gasteiger partial charge >= 0.3 is 0 Å². The molecule has 1 heterocycles. The second-order valence-electron chi connectivity index (χ2n) is 8.35. The van der Waals surface area contributed by atoms with Gasteiger partial charge in [0.25, 0.3) is 0 Å². The Hall–Kier alpha value is -2.40. The summed E-state index contributed by atoms with van der Waals surface area (Å²) in [5.74, 6) is 0.953. The summed E-state index contributed by atoms with van der Waals surface area (Å²) in [5, 5.41) is 3.09. The molecule has 1 saturated heterocycles. The molecule has 162 valence electrons. The lowest BCUT2D eigenvalue weighted by Gasteiger charge is -2.31. The second kappa shape index (κ2) is 11.1. The third kappa shape index (κ3) is 6.84. The molecule has 0 bridgehead atoms. The van der Waals surface area contributed by atoms with Crippen molar-refractivity contribution in [2.75, 3.05) is 19.6 Å². The third-order valence-electron chi connectivity index (χ3n) is 5.52. The molecule has 0 aromatic heterocycles. The lowest BCUT2D eigenvalue weighted by atomic mass is 9.95. The molecule has 0 radical (unpaired) electrons. The van der Waals surface area contributed by atoms with Crippen molar-refractivity contribution in [3.63, 3.8) is 0 Å². The van der Waals surface area contributed by atoms with Gasteiger partial charge in [0.05, 0.1) is 6.10 Å². The Morgan fingerprint density at radius 3 is 2.67 bits per heavy atom. The molecule has 1 aliphatic heterocycles. The predicted octanol–water partition coefficient (Wildman–Crippen LogP) is 4.57. The van der Waals surface area contributed by atoms with Crippen LogP contribution >= 0.6 is 0 Å². The Labute approximate surface area is 179 Å². The molecule has 0 saturated carbocycles. The molecule has 1 amide bonds. The number of benzene rings is 2. The van der Waals surface area contributed by atoms with E-state index >= 15 is 0 Å². The average molecular weight is 413 g/mol. The van der Waals surface area contributed by atoms with Gasteiger partial charge in [0.15, 0.2) is 0 Å². The smallest absolute Gasteiger partial charge is 0.223 e. The highest BCUT2D eigenvalue weighted by molar-refractivity contribution is 5.78. The van der Waals surface area contributed by atoms with Gasteiger partial charge < -0.3 is 10.1 Å². The van der Waals surface area contributed by atoms with Crippen LogP contribution in [0.3, 0.4) is 0 Å². The fourth-order valence-electron chi connectivity index (χ4n) is 3.92. The van der Waals surface area contributed by atoms with E-state index in [0.717, 1.165) is 50.1 Å². The van der Waals surface area contributed by atoms with Gasteiger partial charge in [-0.25, -0.2) is 4.39 Å². The zero-order chi connectivity index (χ0) is 21.3. The molecular weight excluding hydrogens is 379 g/mol. The van der Waals surface area contributed by atoms with Crippen LogP contribution in [0.2, 0.25) is 0 Å². The van der Waals surface area contributed by atoms with E-state index in [1.165, 1.54) is 11.6 Å². The fraction of sp³-hybridized carbons (Fsp3) is 0.480. The Morgan fingerprint density at radius 2 is 1.93 bits per heavy atom. The lowest BCUT2D eigenvalue weighted by Crippen LogP contribution is -2.40. The van der Waals surface area contributed by atoms with E-state index in [1.807, 2.05) is 38.1 Å². The van der Waals surface area contributed by atoms with E-state index in [9.17, 15) is 9.18 Å². The van der Waals surface area contributed by atoms with Crippen molar-refractivity contribution < 1.29 is 13.9 Å². The summed E-state index contributed by atoms with van der Waals surface area (Å²) in [7, 11) is 0. The van der Waals surface area contributed by atoms with Crippen molar-refractivity contribution >= 4 is 5.91 Å².